The number of aromatic nitrogens is 1. The first-order valence-electron chi connectivity index (χ1n) is 7.40. The molecule has 0 N–H and O–H groups in total. The van der Waals surface area contributed by atoms with E-state index in [0.29, 0.717) is 32.6 Å². The Morgan fingerprint density at radius 3 is 2.46 bits per heavy atom. The smallest absolute Gasteiger partial charge is 0.285 e. The van der Waals surface area contributed by atoms with Gasteiger partial charge in [-0.3, -0.25) is 0 Å². The highest BCUT2D eigenvalue weighted by molar-refractivity contribution is 7.90. The van der Waals surface area contributed by atoms with Crippen LogP contribution < -0.4 is 9.54 Å². The summed E-state index contributed by atoms with van der Waals surface area (Å²) in [6.45, 7) is 4.06. The Morgan fingerprint density at radius 2 is 1.85 bits per heavy atom. The molecule has 0 spiro atoms. The average molecular weight is 429 g/mol. The van der Waals surface area contributed by atoms with Crippen LogP contribution in [0.1, 0.15) is 0 Å². The molecule has 3 aromatic rings. The fraction of sp³-hybridized carbons (Fsp3) is 0.118. The standard InChI is InChI=1S/C17H14Cl2N2O3S2/c1-3-10-21-15-13(18)8-9-14(19)16(15)25-17(21)20-26(22,23)12-6-4-11(24-2)5-7-12/h3-9H,1,10H2,2H3/b20-17-. The topological polar surface area (TPSA) is 60.7 Å². The lowest BCUT2D eigenvalue weighted by Crippen LogP contribution is -2.16. The summed E-state index contributed by atoms with van der Waals surface area (Å²) in [5.74, 6) is 0.561. The molecule has 1 aromatic heterocycles. The van der Waals surface area contributed by atoms with Crippen LogP contribution in [-0.2, 0) is 16.6 Å². The van der Waals surface area contributed by atoms with Crippen LogP contribution in [0.3, 0.4) is 0 Å². The minimum Gasteiger partial charge on any atom is -0.497 e. The molecule has 0 fully saturated rings. The SMILES string of the molecule is C=CCn1/c(=N/S(=O)(=O)c2ccc(OC)cc2)sc2c(Cl)ccc(Cl)c21. The molecule has 0 radical (unpaired) electrons. The van der Waals surface area contributed by atoms with E-state index in [4.69, 9.17) is 27.9 Å². The van der Waals surface area contributed by atoms with Gasteiger partial charge in [0.05, 0.1) is 32.3 Å². The molecule has 9 heteroatoms. The number of ether oxygens (including phenoxy) is 1. The van der Waals surface area contributed by atoms with Crippen molar-refractivity contribution in [1.82, 2.24) is 4.57 Å². The molecule has 0 saturated carbocycles. The monoisotopic (exact) mass is 428 g/mol. The molecule has 0 aliphatic heterocycles. The second-order valence-corrected chi connectivity index (χ2v) is 8.63. The van der Waals surface area contributed by atoms with E-state index in [1.165, 1.54) is 19.2 Å². The number of sulfonamides is 1. The van der Waals surface area contributed by atoms with Crippen molar-refractivity contribution in [1.29, 1.82) is 0 Å². The third-order valence-electron chi connectivity index (χ3n) is 3.60. The minimum absolute atomic E-state index is 0.0677. The van der Waals surface area contributed by atoms with Crippen LogP contribution >= 0.6 is 34.5 Å². The Balaban J connectivity index is 2.25. The van der Waals surface area contributed by atoms with Crippen molar-refractivity contribution < 1.29 is 13.2 Å². The number of allylic oxidation sites excluding steroid dienone is 1. The van der Waals surface area contributed by atoms with Gasteiger partial charge in [0.25, 0.3) is 10.0 Å². The van der Waals surface area contributed by atoms with Gasteiger partial charge < -0.3 is 9.30 Å². The molecule has 26 heavy (non-hydrogen) atoms. The highest BCUT2D eigenvalue weighted by Gasteiger charge is 2.17. The summed E-state index contributed by atoms with van der Waals surface area (Å²) in [5.41, 5.74) is 0.632. The second kappa shape index (κ2) is 7.44. The number of hydrogen-bond acceptors (Lipinski definition) is 4. The van der Waals surface area contributed by atoms with Gasteiger partial charge >= 0.3 is 0 Å². The van der Waals surface area contributed by atoms with Crippen LogP contribution in [-0.4, -0.2) is 20.1 Å². The van der Waals surface area contributed by atoms with Crippen LogP contribution in [0.5, 0.6) is 5.75 Å². The predicted molar refractivity (Wildman–Crippen MR) is 106 cm³/mol. The van der Waals surface area contributed by atoms with Gasteiger partial charge in [-0.15, -0.1) is 11.0 Å². The van der Waals surface area contributed by atoms with E-state index in [1.807, 2.05) is 0 Å². The lowest BCUT2D eigenvalue weighted by molar-refractivity contribution is 0.414. The van der Waals surface area contributed by atoms with Gasteiger partial charge in [-0.05, 0) is 36.4 Å². The molecule has 0 aliphatic rings. The van der Waals surface area contributed by atoms with Crippen LogP contribution in [0.15, 0.2) is 58.3 Å². The summed E-state index contributed by atoms with van der Waals surface area (Å²) >= 11 is 13.7. The van der Waals surface area contributed by atoms with Gasteiger partial charge in [-0.1, -0.05) is 40.6 Å². The fourth-order valence-corrected chi connectivity index (χ4v) is 5.24. The number of hydrogen-bond donors (Lipinski definition) is 0. The summed E-state index contributed by atoms with van der Waals surface area (Å²) in [4.78, 5) is 0.337. The summed E-state index contributed by atoms with van der Waals surface area (Å²) in [7, 11) is -2.40. The maximum absolute atomic E-state index is 12.7. The van der Waals surface area contributed by atoms with E-state index < -0.39 is 10.0 Å². The number of fused-ring (bicyclic) bond motifs is 1. The summed E-state index contributed by atoms with van der Waals surface area (Å²) in [6.07, 6.45) is 1.64. The van der Waals surface area contributed by atoms with Gasteiger partial charge in [0, 0.05) is 6.54 Å². The van der Waals surface area contributed by atoms with Crippen molar-refractivity contribution >= 4 is 54.8 Å². The first kappa shape index (κ1) is 19.0. The Labute approximate surface area is 164 Å². The molecular weight excluding hydrogens is 415 g/mol. The molecule has 0 aliphatic carbocycles. The zero-order chi connectivity index (χ0) is 18.9. The maximum Gasteiger partial charge on any atom is 0.285 e. The second-order valence-electron chi connectivity index (χ2n) is 5.23. The molecule has 5 nitrogen and oxygen atoms in total. The molecule has 136 valence electrons. The molecule has 0 amide bonds. The van der Waals surface area contributed by atoms with Crippen molar-refractivity contribution in [2.45, 2.75) is 11.4 Å². The quantitative estimate of drug-likeness (QED) is 0.562. The summed E-state index contributed by atoms with van der Waals surface area (Å²) < 4.78 is 36.8. The zero-order valence-electron chi connectivity index (χ0n) is 13.6. The number of benzene rings is 2. The van der Waals surface area contributed by atoms with Gasteiger partial charge in [0.1, 0.15) is 5.75 Å². The number of rotatable bonds is 5. The molecule has 0 unspecified atom stereocenters. The van der Waals surface area contributed by atoms with Crippen molar-refractivity contribution in [3.8, 4) is 5.75 Å². The average Bonchev–Trinajstić information content (AvgIpc) is 2.97. The number of nitrogens with zero attached hydrogens (tertiary/aromatic N) is 2. The van der Waals surface area contributed by atoms with Crippen LogP contribution in [0.25, 0.3) is 10.2 Å². The normalized spacial score (nSPS) is 12.5. The van der Waals surface area contributed by atoms with E-state index in [2.05, 4.69) is 11.0 Å². The van der Waals surface area contributed by atoms with E-state index in [1.54, 1.807) is 34.9 Å². The highest BCUT2D eigenvalue weighted by atomic mass is 35.5. The van der Waals surface area contributed by atoms with Gasteiger partial charge in [0.2, 0.25) is 4.80 Å². The van der Waals surface area contributed by atoms with Crippen LogP contribution in [0.2, 0.25) is 10.0 Å². The Kier molecular flexibility index (Phi) is 5.43. The summed E-state index contributed by atoms with van der Waals surface area (Å²) in [5, 5.41) is 0.946. The first-order chi connectivity index (χ1) is 12.4. The minimum atomic E-state index is -3.91. The Bertz CT molecular complexity index is 1150. The third kappa shape index (κ3) is 3.53. The van der Waals surface area contributed by atoms with E-state index in [9.17, 15) is 8.42 Å². The molecule has 1 heterocycles. The lowest BCUT2D eigenvalue weighted by atomic mass is 10.3. The maximum atomic E-state index is 12.7. The van der Waals surface area contributed by atoms with Crippen molar-refractivity contribution in [2.75, 3.05) is 7.11 Å². The van der Waals surface area contributed by atoms with Gasteiger partial charge in [-0.2, -0.15) is 8.42 Å². The number of methoxy groups -OCH3 is 1. The molecule has 0 bridgehead atoms. The molecule has 2 aromatic carbocycles. The molecule has 0 saturated heterocycles. The molecule has 3 rings (SSSR count). The number of thiazole rings is 1. The van der Waals surface area contributed by atoms with Crippen molar-refractivity contribution in [2.24, 2.45) is 4.40 Å². The molecular formula is C17H14Cl2N2O3S2. The number of halogens is 2. The summed E-state index contributed by atoms with van der Waals surface area (Å²) in [6, 6.07) is 9.37. The van der Waals surface area contributed by atoms with E-state index in [0.717, 1.165) is 11.3 Å². The van der Waals surface area contributed by atoms with E-state index >= 15 is 0 Å². The van der Waals surface area contributed by atoms with Crippen molar-refractivity contribution in [3.05, 3.63) is 63.9 Å². The van der Waals surface area contributed by atoms with E-state index in [-0.39, 0.29) is 9.70 Å². The van der Waals surface area contributed by atoms with Crippen LogP contribution in [0, 0.1) is 0 Å². The largest absolute Gasteiger partial charge is 0.497 e. The third-order valence-corrected chi connectivity index (χ3v) is 6.84. The Hall–Kier alpha value is -1.80. The van der Waals surface area contributed by atoms with Crippen LogP contribution in [0.4, 0.5) is 0 Å². The first-order valence-corrected chi connectivity index (χ1v) is 10.4. The fourth-order valence-electron chi connectivity index (χ4n) is 2.38. The van der Waals surface area contributed by atoms with Gasteiger partial charge in [0.15, 0.2) is 0 Å². The molecule has 0 atom stereocenters. The van der Waals surface area contributed by atoms with Gasteiger partial charge in [-0.25, -0.2) is 0 Å². The predicted octanol–water partition coefficient (Wildman–Crippen LogP) is 4.49. The zero-order valence-corrected chi connectivity index (χ0v) is 16.8. The van der Waals surface area contributed by atoms with Crippen molar-refractivity contribution in [3.63, 3.8) is 0 Å². The highest BCUT2D eigenvalue weighted by Crippen LogP contribution is 2.32. The lowest BCUT2D eigenvalue weighted by Gasteiger charge is -2.04. The Morgan fingerprint density at radius 1 is 1.19 bits per heavy atom.